The second kappa shape index (κ2) is 5.81. The summed E-state index contributed by atoms with van der Waals surface area (Å²) in [4.78, 5) is 2.63. The van der Waals surface area contributed by atoms with Crippen LogP contribution in [0.2, 0.25) is 0 Å². The summed E-state index contributed by atoms with van der Waals surface area (Å²) >= 11 is 3.36. The fourth-order valence-electron chi connectivity index (χ4n) is 2.87. The third-order valence-corrected chi connectivity index (χ3v) is 4.88. The zero-order valence-electron chi connectivity index (χ0n) is 11.1. The third kappa shape index (κ3) is 3.30. The van der Waals surface area contributed by atoms with E-state index in [-0.39, 0.29) is 0 Å². The number of aromatic hydroxyl groups is 1. The number of piperidine rings is 1. The number of para-hydroxylation sites is 1. The first kappa shape index (κ1) is 13.4. The van der Waals surface area contributed by atoms with Crippen molar-refractivity contribution in [2.45, 2.75) is 44.3 Å². The van der Waals surface area contributed by atoms with Crippen molar-refractivity contribution in [1.82, 2.24) is 10.2 Å². The number of benzene rings is 1. The molecule has 4 heteroatoms. The number of phenolic OH excluding ortho intramolecular Hbond substituents is 1. The molecule has 0 aromatic heterocycles. The highest BCUT2D eigenvalue weighted by Crippen LogP contribution is 2.30. The van der Waals surface area contributed by atoms with Gasteiger partial charge in [-0.3, -0.25) is 0 Å². The van der Waals surface area contributed by atoms with Crippen LogP contribution in [-0.2, 0) is 6.54 Å². The first-order valence-corrected chi connectivity index (χ1v) is 7.97. The van der Waals surface area contributed by atoms with Gasteiger partial charge in [-0.05, 0) is 60.8 Å². The first-order chi connectivity index (χ1) is 9.24. The zero-order chi connectivity index (χ0) is 13.2. The van der Waals surface area contributed by atoms with Crippen LogP contribution in [0.1, 0.15) is 31.2 Å². The molecule has 19 heavy (non-hydrogen) atoms. The smallest absolute Gasteiger partial charge is 0.134 e. The first-order valence-electron chi connectivity index (χ1n) is 7.18. The maximum absolute atomic E-state index is 9.96. The zero-order valence-corrected chi connectivity index (χ0v) is 12.7. The van der Waals surface area contributed by atoms with E-state index in [4.69, 9.17) is 0 Å². The van der Waals surface area contributed by atoms with Crippen LogP contribution in [0.5, 0.6) is 5.75 Å². The predicted octanol–water partition coefficient (Wildman–Crippen LogP) is 2.87. The molecule has 3 nitrogen and oxygen atoms in total. The number of rotatable bonds is 4. The molecule has 0 atom stereocenters. The van der Waals surface area contributed by atoms with E-state index >= 15 is 0 Å². The van der Waals surface area contributed by atoms with Crippen molar-refractivity contribution in [3.8, 4) is 5.75 Å². The second-order valence-corrected chi connectivity index (χ2v) is 6.52. The van der Waals surface area contributed by atoms with Crippen LogP contribution in [0.3, 0.4) is 0 Å². The fraction of sp³-hybridized carbons (Fsp3) is 0.600. The average molecular weight is 325 g/mol. The molecule has 2 N–H and O–H groups in total. The molecule has 0 bridgehead atoms. The summed E-state index contributed by atoms with van der Waals surface area (Å²) in [6.07, 6.45) is 5.27. The Labute approximate surface area is 123 Å². The number of likely N-dealkylation sites (tertiary alicyclic amines) is 1. The van der Waals surface area contributed by atoms with Crippen molar-refractivity contribution in [1.29, 1.82) is 0 Å². The maximum atomic E-state index is 9.96. The Hall–Kier alpha value is -0.580. The van der Waals surface area contributed by atoms with Crippen LogP contribution in [0, 0.1) is 0 Å². The summed E-state index contributed by atoms with van der Waals surface area (Å²) in [6.45, 7) is 3.21. The van der Waals surface area contributed by atoms with E-state index in [9.17, 15) is 5.11 Å². The Balaban J connectivity index is 1.48. The summed E-state index contributed by atoms with van der Waals surface area (Å²) in [6, 6.07) is 7.30. The van der Waals surface area contributed by atoms with Crippen LogP contribution < -0.4 is 5.32 Å². The van der Waals surface area contributed by atoms with Gasteiger partial charge in [0.25, 0.3) is 0 Å². The molecule has 0 amide bonds. The van der Waals surface area contributed by atoms with Gasteiger partial charge in [0.1, 0.15) is 5.75 Å². The molecule has 2 fully saturated rings. The SMILES string of the molecule is Oc1c(Br)cccc1CNC1CCN(C2CC2)CC1. The number of nitrogens with one attached hydrogen (secondary N) is 1. The van der Waals surface area contributed by atoms with Crippen LogP contribution in [-0.4, -0.2) is 35.2 Å². The molecule has 104 valence electrons. The summed E-state index contributed by atoms with van der Waals surface area (Å²) < 4.78 is 0.773. The molecule has 0 radical (unpaired) electrons. The lowest BCUT2D eigenvalue weighted by molar-refractivity contribution is 0.189. The van der Waals surface area contributed by atoms with Gasteiger partial charge in [-0.25, -0.2) is 0 Å². The Morgan fingerprint density at radius 1 is 1.21 bits per heavy atom. The third-order valence-electron chi connectivity index (χ3n) is 4.24. The van der Waals surface area contributed by atoms with E-state index in [1.165, 1.54) is 38.8 Å². The predicted molar refractivity (Wildman–Crippen MR) is 80.3 cm³/mol. The van der Waals surface area contributed by atoms with Gasteiger partial charge >= 0.3 is 0 Å². The largest absolute Gasteiger partial charge is 0.506 e. The van der Waals surface area contributed by atoms with Gasteiger partial charge in [-0.2, -0.15) is 0 Å². The van der Waals surface area contributed by atoms with Crippen LogP contribution in [0.4, 0.5) is 0 Å². The summed E-state index contributed by atoms with van der Waals surface area (Å²) in [5.41, 5.74) is 0.971. The van der Waals surface area contributed by atoms with Gasteiger partial charge in [-0.1, -0.05) is 12.1 Å². The van der Waals surface area contributed by atoms with E-state index in [0.29, 0.717) is 11.8 Å². The lowest BCUT2D eigenvalue weighted by Gasteiger charge is -2.32. The standard InChI is InChI=1S/C15H21BrN2O/c16-14-3-1-2-11(15(14)19)10-17-12-6-8-18(9-7-12)13-4-5-13/h1-3,12-13,17,19H,4-10H2. The highest BCUT2D eigenvalue weighted by Gasteiger charge is 2.31. The molecule has 1 heterocycles. The van der Waals surface area contributed by atoms with Crippen LogP contribution >= 0.6 is 15.9 Å². The molecule has 1 aliphatic heterocycles. The Bertz CT molecular complexity index is 440. The topological polar surface area (TPSA) is 35.5 Å². The molecule has 1 saturated carbocycles. The normalized spacial score (nSPS) is 21.7. The molecule has 1 aromatic carbocycles. The minimum Gasteiger partial charge on any atom is -0.506 e. The summed E-state index contributed by atoms with van der Waals surface area (Å²) in [5.74, 6) is 0.366. The van der Waals surface area contributed by atoms with E-state index < -0.39 is 0 Å². The fourth-order valence-corrected chi connectivity index (χ4v) is 3.27. The molecular formula is C15H21BrN2O. The monoisotopic (exact) mass is 324 g/mol. The van der Waals surface area contributed by atoms with Gasteiger partial charge in [-0.15, -0.1) is 0 Å². The van der Waals surface area contributed by atoms with E-state index in [1.807, 2.05) is 18.2 Å². The van der Waals surface area contributed by atoms with Crippen molar-refractivity contribution < 1.29 is 5.11 Å². The Morgan fingerprint density at radius 2 is 1.95 bits per heavy atom. The van der Waals surface area contributed by atoms with Gasteiger partial charge in [0, 0.05) is 24.2 Å². The molecule has 0 spiro atoms. The molecule has 1 saturated heterocycles. The van der Waals surface area contributed by atoms with E-state index in [0.717, 1.165) is 22.6 Å². The lowest BCUT2D eigenvalue weighted by atomic mass is 10.0. The van der Waals surface area contributed by atoms with E-state index in [1.54, 1.807) is 0 Å². The minimum atomic E-state index is 0.366. The van der Waals surface area contributed by atoms with Gasteiger partial charge in [0.15, 0.2) is 0 Å². The van der Waals surface area contributed by atoms with Crippen molar-refractivity contribution in [3.05, 3.63) is 28.2 Å². The molecular weight excluding hydrogens is 304 g/mol. The summed E-state index contributed by atoms with van der Waals surface area (Å²) in [7, 11) is 0. The van der Waals surface area contributed by atoms with Crippen molar-refractivity contribution >= 4 is 15.9 Å². The van der Waals surface area contributed by atoms with Gasteiger partial charge in [0.05, 0.1) is 4.47 Å². The van der Waals surface area contributed by atoms with Crippen molar-refractivity contribution in [3.63, 3.8) is 0 Å². The quantitative estimate of drug-likeness (QED) is 0.894. The molecule has 3 rings (SSSR count). The molecule has 2 aliphatic rings. The Kier molecular flexibility index (Phi) is 4.10. The lowest BCUT2D eigenvalue weighted by Crippen LogP contribution is -2.43. The van der Waals surface area contributed by atoms with Crippen molar-refractivity contribution in [2.24, 2.45) is 0 Å². The van der Waals surface area contributed by atoms with E-state index in [2.05, 4.69) is 26.1 Å². The summed E-state index contributed by atoms with van der Waals surface area (Å²) in [5, 5.41) is 13.5. The average Bonchev–Trinajstić information content (AvgIpc) is 3.26. The van der Waals surface area contributed by atoms with Crippen molar-refractivity contribution in [2.75, 3.05) is 13.1 Å². The van der Waals surface area contributed by atoms with Gasteiger partial charge in [0.2, 0.25) is 0 Å². The highest BCUT2D eigenvalue weighted by molar-refractivity contribution is 9.10. The Morgan fingerprint density at radius 3 is 2.63 bits per heavy atom. The van der Waals surface area contributed by atoms with Gasteiger partial charge < -0.3 is 15.3 Å². The van der Waals surface area contributed by atoms with Crippen LogP contribution in [0.15, 0.2) is 22.7 Å². The maximum Gasteiger partial charge on any atom is 0.134 e. The number of hydrogen-bond acceptors (Lipinski definition) is 3. The second-order valence-electron chi connectivity index (χ2n) is 5.67. The number of nitrogens with zero attached hydrogens (tertiary/aromatic N) is 1. The number of halogens is 1. The number of hydrogen-bond donors (Lipinski definition) is 2. The minimum absolute atomic E-state index is 0.366. The molecule has 0 unspecified atom stereocenters. The molecule has 1 aromatic rings. The van der Waals surface area contributed by atoms with Crippen LogP contribution in [0.25, 0.3) is 0 Å². The highest BCUT2D eigenvalue weighted by atomic mass is 79.9. The molecule has 1 aliphatic carbocycles. The number of phenols is 1.